The third-order valence-corrected chi connectivity index (χ3v) is 5.39. The molecule has 25 heavy (non-hydrogen) atoms. The normalized spacial score (nSPS) is 28.8. The van der Waals surface area contributed by atoms with Gasteiger partial charge in [0, 0.05) is 25.3 Å². The number of nitrogens with one attached hydrogen (secondary N) is 2. The number of ether oxygens (including phenoxy) is 1. The summed E-state index contributed by atoms with van der Waals surface area (Å²) in [7, 11) is 0. The smallest absolute Gasteiger partial charge is 0.317 e. The van der Waals surface area contributed by atoms with Crippen molar-refractivity contribution >= 4 is 17.6 Å². The maximum Gasteiger partial charge on any atom is 0.317 e. The van der Waals surface area contributed by atoms with Crippen LogP contribution in [0.1, 0.15) is 32.1 Å². The third-order valence-electron chi connectivity index (χ3n) is 5.39. The van der Waals surface area contributed by atoms with E-state index in [1.54, 1.807) is 18.5 Å². The zero-order valence-electron chi connectivity index (χ0n) is 14.2. The van der Waals surface area contributed by atoms with Crippen molar-refractivity contribution in [3.05, 3.63) is 24.5 Å². The Hall–Kier alpha value is -2.15. The van der Waals surface area contributed by atoms with Gasteiger partial charge >= 0.3 is 6.03 Å². The van der Waals surface area contributed by atoms with Gasteiger partial charge in [-0.15, -0.1) is 0 Å². The minimum absolute atomic E-state index is 0.0153. The summed E-state index contributed by atoms with van der Waals surface area (Å²) in [4.78, 5) is 30.9. The minimum Gasteiger partial charge on any atom is -0.370 e. The molecule has 0 radical (unpaired) electrons. The number of hydrogen-bond acceptors (Lipinski definition) is 4. The van der Waals surface area contributed by atoms with Crippen molar-refractivity contribution in [3.63, 3.8) is 0 Å². The molecule has 7 nitrogen and oxygen atoms in total. The number of likely N-dealkylation sites (tertiary alicyclic amines) is 1. The molecule has 134 valence electrons. The highest BCUT2D eigenvalue weighted by Crippen LogP contribution is 2.33. The number of morpholine rings is 1. The summed E-state index contributed by atoms with van der Waals surface area (Å²) in [5.41, 5.74) is 0.685. The third kappa shape index (κ3) is 3.61. The van der Waals surface area contributed by atoms with Crippen molar-refractivity contribution in [1.29, 1.82) is 0 Å². The zero-order chi connectivity index (χ0) is 17.2. The molecule has 1 aromatic rings. The first-order chi connectivity index (χ1) is 12.2. The largest absolute Gasteiger partial charge is 0.370 e. The Labute approximate surface area is 147 Å². The predicted octanol–water partition coefficient (Wildman–Crippen LogP) is 1.76. The van der Waals surface area contributed by atoms with Crippen LogP contribution >= 0.6 is 0 Å². The lowest BCUT2D eigenvalue weighted by atomic mass is 9.99. The van der Waals surface area contributed by atoms with E-state index in [0.717, 1.165) is 12.8 Å². The highest BCUT2D eigenvalue weighted by molar-refractivity contribution is 5.93. The number of hydrogen-bond donors (Lipinski definition) is 2. The summed E-state index contributed by atoms with van der Waals surface area (Å²) < 4.78 is 5.92. The molecule has 1 aromatic heterocycles. The average molecular weight is 344 g/mol. The monoisotopic (exact) mass is 344 g/mol. The number of rotatable bonds is 3. The first kappa shape index (κ1) is 16.3. The summed E-state index contributed by atoms with van der Waals surface area (Å²) in [5, 5.41) is 6.02. The van der Waals surface area contributed by atoms with E-state index in [-0.39, 0.29) is 30.1 Å². The van der Waals surface area contributed by atoms with Crippen LogP contribution in [0.2, 0.25) is 0 Å². The molecule has 0 unspecified atom stereocenters. The van der Waals surface area contributed by atoms with Crippen molar-refractivity contribution in [3.8, 4) is 0 Å². The number of aromatic nitrogens is 1. The maximum absolute atomic E-state index is 12.6. The fraction of sp³-hybridized carbons (Fsp3) is 0.611. The predicted molar refractivity (Wildman–Crippen MR) is 92.0 cm³/mol. The van der Waals surface area contributed by atoms with Gasteiger partial charge in [0.15, 0.2) is 0 Å². The van der Waals surface area contributed by atoms with E-state index in [4.69, 9.17) is 4.74 Å². The molecule has 0 spiro atoms. The Morgan fingerprint density at radius 1 is 1.24 bits per heavy atom. The average Bonchev–Trinajstić information content (AvgIpc) is 3.23. The lowest BCUT2D eigenvalue weighted by molar-refractivity contribution is -0.122. The van der Waals surface area contributed by atoms with Crippen LogP contribution in [-0.4, -0.2) is 53.2 Å². The zero-order valence-corrected chi connectivity index (χ0v) is 14.2. The van der Waals surface area contributed by atoms with Gasteiger partial charge in [0.25, 0.3) is 0 Å². The first-order valence-electron chi connectivity index (χ1n) is 9.11. The summed E-state index contributed by atoms with van der Waals surface area (Å²) in [6.45, 7) is 1.03. The van der Waals surface area contributed by atoms with Crippen molar-refractivity contribution < 1.29 is 14.3 Å². The van der Waals surface area contributed by atoms with Gasteiger partial charge in [0.05, 0.1) is 30.0 Å². The lowest BCUT2D eigenvalue weighted by Gasteiger charge is -2.33. The number of amides is 3. The number of nitrogens with zero attached hydrogens (tertiary/aromatic N) is 2. The second-order valence-corrected chi connectivity index (χ2v) is 7.21. The van der Waals surface area contributed by atoms with Gasteiger partial charge < -0.3 is 20.3 Å². The molecule has 1 saturated carbocycles. The fourth-order valence-corrected chi connectivity index (χ4v) is 4.11. The van der Waals surface area contributed by atoms with Crippen LogP contribution < -0.4 is 10.6 Å². The van der Waals surface area contributed by atoms with Crippen molar-refractivity contribution in [2.45, 2.75) is 50.4 Å². The summed E-state index contributed by atoms with van der Waals surface area (Å²) in [6.07, 6.45) is 8.18. The van der Waals surface area contributed by atoms with Gasteiger partial charge in [0.2, 0.25) is 5.91 Å². The number of pyridine rings is 1. The molecular formula is C18H24N4O3. The van der Waals surface area contributed by atoms with Crippen molar-refractivity contribution in [2.75, 3.05) is 18.4 Å². The Morgan fingerprint density at radius 2 is 2.08 bits per heavy atom. The highest BCUT2D eigenvalue weighted by Gasteiger charge is 2.46. The Bertz CT molecular complexity index is 632. The molecule has 2 aliphatic heterocycles. The van der Waals surface area contributed by atoms with Crippen LogP contribution in [0.3, 0.4) is 0 Å². The van der Waals surface area contributed by atoms with E-state index in [1.807, 2.05) is 11.0 Å². The SMILES string of the molecule is O=C(Nc1cccnc1)[C@H]1C[C@H]2CN(C(=O)NC3CCCC3)C[C@@H]1O2. The quantitative estimate of drug-likeness (QED) is 0.875. The maximum atomic E-state index is 12.6. The molecule has 3 fully saturated rings. The number of anilines is 1. The van der Waals surface area contributed by atoms with E-state index in [9.17, 15) is 9.59 Å². The van der Waals surface area contributed by atoms with E-state index >= 15 is 0 Å². The molecule has 7 heteroatoms. The van der Waals surface area contributed by atoms with Crippen LogP contribution in [0.25, 0.3) is 0 Å². The number of carbonyl (C=O) groups is 2. The standard InChI is InChI=1S/C18H24N4O3/c23-17(20-13-6-3-7-19-9-13)15-8-14-10-22(11-16(15)25-14)18(24)21-12-4-1-2-5-12/h3,6-7,9,12,14-16H,1-2,4-5,8,10-11H2,(H,20,23)(H,21,24)/t14-,15-,16-/m0/s1. The van der Waals surface area contributed by atoms with E-state index < -0.39 is 0 Å². The number of carbonyl (C=O) groups excluding carboxylic acids is 2. The van der Waals surface area contributed by atoms with E-state index in [0.29, 0.717) is 31.2 Å². The Morgan fingerprint density at radius 3 is 2.84 bits per heavy atom. The summed E-state index contributed by atoms with van der Waals surface area (Å²) >= 11 is 0. The minimum atomic E-state index is -0.232. The molecule has 3 atom stereocenters. The van der Waals surface area contributed by atoms with Crippen LogP contribution in [0, 0.1) is 5.92 Å². The number of urea groups is 1. The highest BCUT2D eigenvalue weighted by atomic mass is 16.5. The van der Waals surface area contributed by atoms with Crippen LogP contribution in [0.5, 0.6) is 0 Å². The topological polar surface area (TPSA) is 83.6 Å². The van der Waals surface area contributed by atoms with Gasteiger partial charge in [-0.1, -0.05) is 12.8 Å². The molecular weight excluding hydrogens is 320 g/mol. The summed E-state index contributed by atoms with van der Waals surface area (Å²) in [6, 6.07) is 3.89. The van der Waals surface area contributed by atoms with Gasteiger partial charge in [-0.3, -0.25) is 9.78 Å². The van der Waals surface area contributed by atoms with Crippen LogP contribution in [0.4, 0.5) is 10.5 Å². The van der Waals surface area contributed by atoms with Crippen molar-refractivity contribution in [1.82, 2.24) is 15.2 Å². The van der Waals surface area contributed by atoms with Crippen molar-refractivity contribution in [2.24, 2.45) is 5.92 Å². The molecule has 3 amide bonds. The summed E-state index contributed by atoms with van der Waals surface area (Å²) in [5.74, 6) is -0.284. The second kappa shape index (κ2) is 7.00. The molecule has 0 aromatic carbocycles. The molecule has 3 aliphatic rings. The van der Waals surface area contributed by atoms with Gasteiger partial charge in [-0.25, -0.2) is 4.79 Å². The first-order valence-corrected chi connectivity index (χ1v) is 9.11. The molecule has 2 bridgehead atoms. The number of fused-ring (bicyclic) bond motifs is 2. The van der Waals surface area contributed by atoms with Gasteiger partial charge in [-0.05, 0) is 31.4 Å². The molecule has 4 rings (SSSR count). The van der Waals surface area contributed by atoms with E-state index in [1.165, 1.54) is 12.8 Å². The molecule has 2 saturated heterocycles. The fourth-order valence-electron chi connectivity index (χ4n) is 4.11. The van der Waals surface area contributed by atoms with E-state index in [2.05, 4.69) is 15.6 Å². The van der Waals surface area contributed by atoms with Crippen LogP contribution in [-0.2, 0) is 9.53 Å². The molecule has 2 N–H and O–H groups in total. The van der Waals surface area contributed by atoms with Gasteiger partial charge in [-0.2, -0.15) is 0 Å². The Kier molecular flexibility index (Phi) is 4.57. The van der Waals surface area contributed by atoms with Gasteiger partial charge in [0.1, 0.15) is 0 Å². The Balaban J connectivity index is 1.35. The molecule has 1 aliphatic carbocycles. The second-order valence-electron chi connectivity index (χ2n) is 7.21. The lowest BCUT2D eigenvalue weighted by Crippen LogP contribution is -2.52. The molecule has 3 heterocycles. The van der Waals surface area contributed by atoms with Crippen LogP contribution in [0.15, 0.2) is 24.5 Å².